The number of carbonyl (C=O) groups is 2. The van der Waals surface area contributed by atoms with Gasteiger partial charge in [0.15, 0.2) is 0 Å². The SMILES string of the molecule is Nc1nccn2c(C3CCCC(NC(=O)OCc4ccccc4)C3)nc(-c3ccc(C=O)cc3)c12. The van der Waals surface area contributed by atoms with Crippen LogP contribution in [0.15, 0.2) is 67.0 Å². The van der Waals surface area contributed by atoms with Crippen LogP contribution in [0.2, 0.25) is 0 Å². The van der Waals surface area contributed by atoms with Gasteiger partial charge in [0.25, 0.3) is 0 Å². The fraction of sp³-hybridized carbons (Fsp3) is 0.259. The van der Waals surface area contributed by atoms with Gasteiger partial charge in [-0.15, -0.1) is 0 Å². The number of nitrogens with one attached hydrogen (secondary N) is 1. The maximum absolute atomic E-state index is 12.4. The molecule has 1 aliphatic rings. The molecule has 1 amide bonds. The molecule has 8 nitrogen and oxygen atoms in total. The van der Waals surface area contributed by atoms with E-state index < -0.39 is 6.09 Å². The standard InChI is InChI=1S/C27H27N5O3/c28-25-24-23(20-11-9-18(16-33)10-12-20)31-26(32(24)14-13-29-25)21-7-4-8-22(15-21)30-27(34)35-17-19-5-2-1-3-6-19/h1-3,5-6,9-14,16,21-22H,4,7-8,15,17H2,(H2,28,29)(H,30,34). The van der Waals surface area contributed by atoms with Gasteiger partial charge in [-0.25, -0.2) is 14.8 Å². The van der Waals surface area contributed by atoms with E-state index in [9.17, 15) is 9.59 Å². The number of imidazole rings is 1. The number of carbonyl (C=O) groups excluding carboxylic acids is 2. The highest BCUT2D eigenvalue weighted by Gasteiger charge is 2.29. The van der Waals surface area contributed by atoms with Crippen molar-refractivity contribution >= 4 is 23.7 Å². The summed E-state index contributed by atoms with van der Waals surface area (Å²) in [4.78, 5) is 32.8. The molecule has 0 radical (unpaired) electrons. The lowest BCUT2D eigenvalue weighted by atomic mass is 9.85. The molecule has 4 aromatic rings. The number of hydrogen-bond donors (Lipinski definition) is 2. The monoisotopic (exact) mass is 469 g/mol. The van der Waals surface area contributed by atoms with Crippen molar-refractivity contribution < 1.29 is 14.3 Å². The van der Waals surface area contributed by atoms with Gasteiger partial charge in [0.05, 0.1) is 0 Å². The van der Waals surface area contributed by atoms with E-state index in [1.807, 2.05) is 53.1 Å². The third-order valence-electron chi connectivity index (χ3n) is 6.50. The summed E-state index contributed by atoms with van der Waals surface area (Å²) in [5, 5.41) is 3.03. The van der Waals surface area contributed by atoms with Crippen LogP contribution in [-0.2, 0) is 11.3 Å². The van der Waals surface area contributed by atoms with Crippen molar-refractivity contribution in [2.45, 2.75) is 44.2 Å². The van der Waals surface area contributed by atoms with E-state index in [0.29, 0.717) is 11.4 Å². The second kappa shape index (κ2) is 9.97. The number of nitrogens with zero attached hydrogens (tertiary/aromatic N) is 3. The van der Waals surface area contributed by atoms with Gasteiger partial charge in [-0.3, -0.25) is 9.20 Å². The Kier molecular flexibility index (Phi) is 6.43. The van der Waals surface area contributed by atoms with Gasteiger partial charge in [0, 0.05) is 35.5 Å². The van der Waals surface area contributed by atoms with Gasteiger partial charge in [-0.2, -0.15) is 0 Å². The van der Waals surface area contributed by atoms with Crippen molar-refractivity contribution in [1.29, 1.82) is 0 Å². The number of alkyl carbamates (subject to hydrolysis) is 1. The Bertz CT molecular complexity index is 1330. The zero-order valence-electron chi connectivity index (χ0n) is 19.3. The maximum Gasteiger partial charge on any atom is 0.407 e. The van der Waals surface area contributed by atoms with Crippen LogP contribution in [0, 0.1) is 0 Å². The second-order valence-electron chi connectivity index (χ2n) is 8.86. The lowest BCUT2D eigenvalue weighted by Gasteiger charge is -2.28. The van der Waals surface area contributed by atoms with Crippen molar-refractivity contribution in [3.8, 4) is 11.3 Å². The zero-order chi connectivity index (χ0) is 24.2. The number of ether oxygens (including phenoxy) is 1. The topological polar surface area (TPSA) is 112 Å². The number of hydrogen-bond acceptors (Lipinski definition) is 6. The molecule has 0 saturated heterocycles. The molecule has 1 aliphatic carbocycles. The van der Waals surface area contributed by atoms with E-state index in [-0.39, 0.29) is 18.6 Å². The van der Waals surface area contributed by atoms with Gasteiger partial charge in [-0.05, 0) is 24.8 Å². The molecule has 8 heteroatoms. The lowest BCUT2D eigenvalue weighted by Crippen LogP contribution is -2.38. The van der Waals surface area contributed by atoms with Crippen molar-refractivity contribution in [3.05, 3.63) is 83.9 Å². The number of nitrogen functional groups attached to an aromatic ring is 1. The van der Waals surface area contributed by atoms with Gasteiger partial charge in [0.2, 0.25) is 0 Å². The van der Waals surface area contributed by atoms with Crippen LogP contribution in [-0.4, -0.2) is 32.8 Å². The fourth-order valence-corrected chi connectivity index (χ4v) is 4.78. The minimum absolute atomic E-state index is 0.00103. The quantitative estimate of drug-likeness (QED) is 0.395. The minimum Gasteiger partial charge on any atom is -0.445 e. The molecule has 2 atom stereocenters. The first kappa shape index (κ1) is 22.6. The molecule has 0 aliphatic heterocycles. The highest BCUT2D eigenvalue weighted by molar-refractivity contribution is 5.86. The summed E-state index contributed by atoms with van der Waals surface area (Å²) >= 11 is 0. The second-order valence-corrected chi connectivity index (χ2v) is 8.86. The molecule has 3 N–H and O–H groups in total. The van der Waals surface area contributed by atoms with E-state index >= 15 is 0 Å². The first-order valence-corrected chi connectivity index (χ1v) is 11.8. The number of aromatic nitrogens is 3. The average Bonchev–Trinajstić information content (AvgIpc) is 3.29. The smallest absolute Gasteiger partial charge is 0.407 e. The third kappa shape index (κ3) is 4.87. The first-order valence-electron chi connectivity index (χ1n) is 11.8. The first-order chi connectivity index (χ1) is 17.1. The van der Waals surface area contributed by atoms with Crippen LogP contribution in [0.3, 0.4) is 0 Å². The molecule has 2 heterocycles. The van der Waals surface area contributed by atoms with E-state index in [1.165, 1.54) is 0 Å². The molecule has 2 aromatic heterocycles. The molecule has 35 heavy (non-hydrogen) atoms. The summed E-state index contributed by atoms with van der Waals surface area (Å²) in [6.07, 6.45) is 7.53. The van der Waals surface area contributed by atoms with Crippen LogP contribution >= 0.6 is 0 Å². The van der Waals surface area contributed by atoms with Crippen molar-refractivity contribution in [1.82, 2.24) is 19.7 Å². The predicted octanol–water partition coefficient (Wildman–Crippen LogP) is 4.74. The van der Waals surface area contributed by atoms with Gasteiger partial charge >= 0.3 is 6.09 Å². The summed E-state index contributed by atoms with van der Waals surface area (Å²) in [5.41, 5.74) is 10.2. The molecule has 2 aromatic carbocycles. The van der Waals surface area contributed by atoms with Crippen molar-refractivity contribution in [3.63, 3.8) is 0 Å². The number of amides is 1. The Hall–Kier alpha value is -4.20. The molecule has 1 saturated carbocycles. The van der Waals surface area contributed by atoms with E-state index in [0.717, 1.165) is 60.1 Å². The highest BCUT2D eigenvalue weighted by atomic mass is 16.5. The number of rotatable bonds is 6. The third-order valence-corrected chi connectivity index (χ3v) is 6.50. The predicted molar refractivity (Wildman–Crippen MR) is 133 cm³/mol. The Morgan fingerprint density at radius 2 is 1.94 bits per heavy atom. The van der Waals surface area contributed by atoms with Gasteiger partial charge in [0.1, 0.15) is 35.7 Å². The summed E-state index contributed by atoms with van der Waals surface area (Å²) in [5.74, 6) is 1.43. The minimum atomic E-state index is -0.406. The molecular weight excluding hydrogens is 442 g/mol. The Morgan fingerprint density at radius 1 is 1.14 bits per heavy atom. The molecule has 2 unspecified atom stereocenters. The number of nitrogens with two attached hydrogens (primary N) is 1. The van der Waals surface area contributed by atoms with Crippen LogP contribution in [0.4, 0.5) is 10.6 Å². The van der Waals surface area contributed by atoms with Crippen molar-refractivity contribution in [2.75, 3.05) is 5.73 Å². The van der Waals surface area contributed by atoms with E-state index in [4.69, 9.17) is 15.5 Å². The van der Waals surface area contributed by atoms with Crippen molar-refractivity contribution in [2.24, 2.45) is 0 Å². The maximum atomic E-state index is 12.4. The van der Waals surface area contributed by atoms with E-state index in [1.54, 1.807) is 18.3 Å². The number of anilines is 1. The largest absolute Gasteiger partial charge is 0.445 e. The summed E-state index contributed by atoms with van der Waals surface area (Å²) < 4.78 is 7.42. The molecule has 0 spiro atoms. The summed E-state index contributed by atoms with van der Waals surface area (Å²) in [7, 11) is 0. The lowest BCUT2D eigenvalue weighted by molar-refractivity contribution is 0.112. The average molecular weight is 470 g/mol. The van der Waals surface area contributed by atoms with Gasteiger partial charge < -0.3 is 15.8 Å². The fourth-order valence-electron chi connectivity index (χ4n) is 4.78. The van der Waals surface area contributed by atoms with Crippen LogP contribution in [0.1, 0.15) is 53.3 Å². The Morgan fingerprint density at radius 3 is 2.71 bits per heavy atom. The Balaban J connectivity index is 1.35. The van der Waals surface area contributed by atoms with Crippen LogP contribution in [0.25, 0.3) is 16.8 Å². The van der Waals surface area contributed by atoms with Crippen LogP contribution in [0.5, 0.6) is 0 Å². The normalized spacial score (nSPS) is 17.7. The molecule has 0 bridgehead atoms. The number of fused-ring (bicyclic) bond motifs is 1. The Labute approximate surface area is 203 Å². The molecular formula is C27H27N5O3. The van der Waals surface area contributed by atoms with E-state index in [2.05, 4.69) is 10.3 Å². The highest BCUT2D eigenvalue weighted by Crippen LogP contribution is 2.36. The molecule has 5 rings (SSSR count). The summed E-state index contributed by atoms with van der Waals surface area (Å²) in [6, 6.07) is 16.9. The number of benzene rings is 2. The van der Waals surface area contributed by atoms with Gasteiger partial charge in [-0.1, -0.05) is 61.0 Å². The number of aldehydes is 1. The molecule has 178 valence electrons. The van der Waals surface area contributed by atoms with Crippen LogP contribution < -0.4 is 11.1 Å². The zero-order valence-corrected chi connectivity index (χ0v) is 19.3. The summed E-state index contributed by atoms with van der Waals surface area (Å²) in [6.45, 7) is 0.242. The molecule has 1 fully saturated rings.